The average molecular weight is 338 g/mol. The average Bonchev–Trinajstić information content (AvgIpc) is 3.05. The van der Waals surface area contributed by atoms with E-state index in [1.54, 1.807) is 12.1 Å². The largest absolute Gasteiger partial charge is 0.490 e. The molecule has 1 aromatic heterocycles. The summed E-state index contributed by atoms with van der Waals surface area (Å²) in [7, 11) is 0. The Morgan fingerprint density at radius 1 is 1.24 bits per heavy atom. The van der Waals surface area contributed by atoms with Crippen LogP contribution in [0.3, 0.4) is 0 Å². The lowest BCUT2D eigenvalue weighted by molar-refractivity contribution is 0.0697. The zero-order valence-corrected chi connectivity index (χ0v) is 13.9. The van der Waals surface area contributed by atoms with Gasteiger partial charge in [-0.3, -0.25) is 5.43 Å². The lowest BCUT2D eigenvalue weighted by Gasteiger charge is -2.03. The molecule has 0 atom stereocenters. The fraction of sp³-hybridized carbons (Fsp3) is 0.158. The number of hydrazone groups is 1. The third kappa shape index (κ3) is 3.63. The second-order valence-electron chi connectivity index (χ2n) is 5.41. The van der Waals surface area contributed by atoms with Crippen LogP contribution in [0.25, 0.3) is 11.0 Å². The third-order valence-electron chi connectivity index (χ3n) is 3.65. The number of ether oxygens (including phenoxy) is 1. The second kappa shape index (κ2) is 7.09. The van der Waals surface area contributed by atoms with Gasteiger partial charge in [0.25, 0.3) is 0 Å². The number of rotatable bonds is 6. The van der Waals surface area contributed by atoms with Gasteiger partial charge in [0.2, 0.25) is 0 Å². The normalized spacial score (nSPS) is 11.5. The van der Waals surface area contributed by atoms with Crippen LogP contribution >= 0.6 is 0 Å². The molecule has 0 aliphatic heterocycles. The van der Waals surface area contributed by atoms with Crippen molar-refractivity contribution in [3.05, 3.63) is 59.9 Å². The summed E-state index contributed by atoms with van der Waals surface area (Å²) in [5.74, 6) is 0.381. The molecule has 0 saturated carbocycles. The van der Waals surface area contributed by atoms with Crippen LogP contribution in [0, 0.1) is 0 Å². The molecule has 6 heteroatoms. The van der Waals surface area contributed by atoms with Gasteiger partial charge in [-0.2, -0.15) is 5.10 Å². The van der Waals surface area contributed by atoms with Crippen molar-refractivity contribution in [2.75, 3.05) is 12.0 Å². The molecule has 3 rings (SSSR count). The molecule has 0 saturated heterocycles. The van der Waals surface area contributed by atoms with E-state index < -0.39 is 5.97 Å². The van der Waals surface area contributed by atoms with Crippen molar-refractivity contribution in [2.24, 2.45) is 5.10 Å². The third-order valence-corrected chi connectivity index (χ3v) is 3.65. The van der Waals surface area contributed by atoms with Gasteiger partial charge >= 0.3 is 5.97 Å². The van der Waals surface area contributed by atoms with Crippen molar-refractivity contribution in [1.29, 1.82) is 0 Å². The highest BCUT2D eigenvalue weighted by Crippen LogP contribution is 2.29. The molecular formula is C19H18N2O4. The smallest absolute Gasteiger partial charge is 0.335 e. The second-order valence-corrected chi connectivity index (χ2v) is 5.41. The number of hydrogen-bond donors (Lipinski definition) is 2. The number of carboxylic acid groups (broad SMARTS) is 1. The van der Waals surface area contributed by atoms with Crippen molar-refractivity contribution in [2.45, 2.75) is 13.8 Å². The molecule has 0 aliphatic carbocycles. The minimum absolute atomic E-state index is 0.229. The molecule has 0 radical (unpaired) electrons. The topological polar surface area (TPSA) is 84.1 Å². The Morgan fingerprint density at radius 2 is 2.00 bits per heavy atom. The van der Waals surface area contributed by atoms with E-state index in [0.29, 0.717) is 35.1 Å². The minimum Gasteiger partial charge on any atom is -0.490 e. The monoisotopic (exact) mass is 338 g/mol. The Balaban J connectivity index is 1.81. The van der Waals surface area contributed by atoms with Crippen LogP contribution in [0.4, 0.5) is 5.69 Å². The van der Waals surface area contributed by atoms with E-state index in [4.69, 9.17) is 14.3 Å². The van der Waals surface area contributed by atoms with Crippen molar-refractivity contribution in [3.63, 3.8) is 0 Å². The van der Waals surface area contributed by atoms with E-state index in [1.807, 2.05) is 38.1 Å². The molecular weight excluding hydrogens is 320 g/mol. The molecule has 6 nitrogen and oxygen atoms in total. The quantitative estimate of drug-likeness (QED) is 0.515. The van der Waals surface area contributed by atoms with Gasteiger partial charge in [0.1, 0.15) is 5.71 Å². The summed E-state index contributed by atoms with van der Waals surface area (Å²) in [6.07, 6.45) is 0. The summed E-state index contributed by atoms with van der Waals surface area (Å²) in [5.41, 5.74) is 5.18. The number of carbonyl (C=O) groups is 1. The highest BCUT2D eigenvalue weighted by atomic mass is 16.5. The standard InChI is InChI=1S/C19H18N2O4/c1-3-24-16-6-4-5-14-11-17(25-18(14)16)12(2)20-21-15-9-7-13(8-10-15)19(22)23/h4-11,21H,3H2,1-2H3,(H,22,23)/b20-12-. The fourth-order valence-corrected chi connectivity index (χ4v) is 2.37. The summed E-state index contributed by atoms with van der Waals surface area (Å²) in [5, 5.41) is 14.1. The van der Waals surface area contributed by atoms with Crippen LogP contribution in [-0.2, 0) is 0 Å². The van der Waals surface area contributed by atoms with E-state index in [1.165, 1.54) is 12.1 Å². The van der Waals surface area contributed by atoms with Crippen molar-refractivity contribution < 1.29 is 19.1 Å². The molecule has 0 fully saturated rings. The summed E-state index contributed by atoms with van der Waals surface area (Å²) < 4.78 is 11.5. The van der Waals surface area contributed by atoms with Crippen LogP contribution in [0.5, 0.6) is 5.75 Å². The number of furan rings is 1. The summed E-state index contributed by atoms with van der Waals surface area (Å²) in [6.45, 7) is 4.32. The number of benzene rings is 2. The molecule has 0 bridgehead atoms. The Bertz CT molecular complexity index is 926. The van der Waals surface area contributed by atoms with Crippen LogP contribution in [-0.4, -0.2) is 23.4 Å². The Hall–Kier alpha value is -3.28. The Kier molecular flexibility index (Phi) is 4.70. The number of nitrogens with zero attached hydrogens (tertiary/aromatic N) is 1. The van der Waals surface area contributed by atoms with E-state index in [9.17, 15) is 4.79 Å². The number of carboxylic acids is 1. The van der Waals surface area contributed by atoms with E-state index >= 15 is 0 Å². The van der Waals surface area contributed by atoms with Crippen LogP contribution in [0.15, 0.2) is 58.0 Å². The van der Waals surface area contributed by atoms with Gasteiger partial charge in [-0.25, -0.2) is 4.79 Å². The van der Waals surface area contributed by atoms with Crippen molar-refractivity contribution in [3.8, 4) is 5.75 Å². The predicted octanol–water partition coefficient (Wildman–Crippen LogP) is 4.37. The molecule has 3 aromatic rings. The van der Waals surface area contributed by atoms with Crippen LogP contribution in [0.2, 0.25) is 0 Å². The Morgan fingerprint density at radius 3 is 2.68 bits per heavy atom. The van der Waals surface area contributed by atoms with Gasteiger partial charge in [0.05, 0.1) is 17.9 Å². The van der Waals surface area contributed by atoms with Gasteiger partial charge in [0.15, 0.2) is 17.1 Å². The maximum absolute atomic E-state index is 10.9. The van der Waals surface area contributed by atoms with Gasteiger partial charge in [0, 0.05) is 5.39 Å². The molecule has 25 heavy (non-hydrogen) atoms. The number of aromatic carboxylic acids is 1. The molecule has 128 valence electrons. The number of fused-ring (bicyclic) bond motifs is 1. The summed E-state index contributed by atoms with van der Waals surface area (Å²) in [6, 6.07) is 14.0. The van der Waals surface area contributed by atoms with Crippen molar-refractivity contribution >= 4 is 28.3 Å². The first-order chi connectivity index (χ1) is 12.1. The number of nitrogens with one attached hydrogen (secondary N) is 1. The van der Waals surface area contributed by atoms with E-state index in [0.717, 1.165) is 5.39 Å². The molecule has 0 amide bonds. The number of hydrogen-bond acceptors (Lipinski definition) is 5. The fourth-order valence-electron chi connectivity index (χ4n) is 2.37. The zero-order valence-electron chi connectivity index (χ0n) is 13.9. The van der Waals surface area contributed by atoms with Gasteiger partial charge in [-0.1, -0.05) is 12.1 Å². The molecule has 2 aromatic carbocycles. The number of para-hydroxylation sites is 1. The molecule has 0 unspecified atom stereocenters. The van der Waals surface area contributed by atoms with Gasteiger partial charge in [-0.15, -0.1) is 0 Å². The first kappa shape index (κ1) is 16.6. The molecule has 2 N–H and O–H groups in total. The summed E-state index contributed by atoms with van der Waals surface area (Å²) >= 11 is 0. The first-order valence-electron chi connectivity index (χ1n) is 7.88. The lowest BCUT2D eigenvalue weighted by atomic mass is 10.2. The maximum Gasteiger partial charge on any atom is 0.335 e. The van der Waals surface area contributed by atoms with Gasteiger partial charge < -0.3 is 14.3 Å². The molecule has 0 aliphatic rings. The highest BCUT2D eigenvalue weighted by Gasteiger charge is 2.11. The minimum atomic E-state index is -0.960. The van der Waals surface area contributed by atoms with Crippen molar-refractivity contribution in [1.82, 2.24) is 0 Å². The lowest BCUT2D eigenvalue weighted by Crippen LogP contribution is -1.99. The SMILES string of the molecule is CCOc1cccc2cc(/C(C)=N\Nc3ccc(C(=O)O)cc3)oc12. The van der Waals surface area contributed by atoms with E-state index in [-0.39, 0.29) is 5.56 Å². The highest BCUT2D eigenvalue weighted by molar-refractivity contribution is 6.00. The summed E-state index contributed by atoms with van der Waals surface area (Å²) in [4.78, 5) is 10.9. The van der Waals surface area contributed by atoms with Crippen LogP contribution in [0.1, 0.15) is 30.0 Å². The molecule has 0 spiro atoms. The number of anilines is 1. The van der Waals surface area contributed by atoms with E-state index in [2.05, 4.69) is 10.5 Å². The van der Waals surface area contributed by atoms with Gasteiger partial charge in [-0.05, 0) is 50.2 Å². The maximum atomic E-state index is 10.9. The van der Waals surface area contributed by atoms with Crippen LogP contribution < -0.4 is 10.2 Å². The molecule has 1 heterocycles. The Labute approximate surface area is 144 Å². The zero-order chi connectivity index (χ0) is 17.8. The first-order valence-corrected chi connectivity index (χ1v) is 7.88. The predicted molar refractivity (Wildman–Crippen MR) is 96.6 cm³/mol.